The highest BCUT2D eigenvalue weighted by molar-refractivity contribution is 5.87. The molecule has 0 saturated heterocycles. The molecule has 0 radical (unpaired) electrons. The lowest BCUT2D eigenvalue weighted by atomic mass is 10.1. The summed E-state index contributed by atoms with van der Waals surface area (Å²) in [5.74, 6) is 1.12. The van der Waals surface area contributed by atoms with Gasteiger partial charge in [-0.2, -0.15) is 5.10 Å². The van der Waals surface area contributed by atoms with Crippen LogP contribution in [0.3, 0.4) is 0 Å². The summed E-state index contributed by atoms with van der Waals surface area (Å²) in [6.07, 6.45) is 4.02. The van der Waals surface area contributed by atoms with Crippen LogP contribution in [0.2, 0.25) is 0 Å². The molecular formula is C22H25N3O3. The molecule has 0 unspecified atom stereocenters. The van der Waals surface area contributed by atoms with Crippen molar-refractivity contribution in [1.29, 1.82) is 0 Å². The van der Waals surface area contributed by atoms with Gasteiger partial charge in [0.2, 0.25) is 5.91 Å². The fraction of sp³-hybridized carbons (Fsp3) is 0.273. The lowest BCUT2D eigenvalue weighted by molar-refractivity contribution is -0.121. The minimum absolute atomic E-state index is 0.135. The van der Waals surface area contributed by atoms with Gasteiger partial charge in [-0.1, -0.05) is 12.1 Å². The average Bonchev–Trinajstić information content (AvgIpc) is 3.03. The van der Waals surface area contributed by atoms with Gasteiger partial charge in [-0.15, -0.1) is 0 Å². The number of nitrogens with one attached hydrogen (secondary N) is 1. The van der Waals surface area contributed by atoms with Crippen LogP contribution in [0.25, 0.3) is 10.9 Å². The van der Waals surface area contributed by atoms with Crippen LogP contribution in [0.5, 0.6) is 11.5 Å². The summed E-state index contributed by atoms with van der Waals surface area (Å²) in [4.78, 5) is 12.2. The highest BCUT2D eigenvalue weighted by Crippen LogP contribution is 2.27. The zero-order valence-electron chi connectivity index (χ0n) is 16.7. The van der Waals surface area contributed by atoms with Crippen LogP contribution < -0.4 is 14.9 Å². The van der Waals surface area contributed by atoms with Gasteiger partial charge in [0, 0.05) is 30.1 Å². The molecule has 0 aliphatic rings. The highest BCUT2D eigenvalue weighted by atomic mass is 16.5. The Kier molecular flexibility index (Phi) is 5.99. The molecule has 1 heterocycles. The highest BCUT2D eigenvalue weighted by Gasteiger charge is 2.09. The van der Waals surface area contributed by atoms with Gasteiger partial charge in [-0.05, 0) is 54.8 Å². The number of methoxy groups -OCH3 is 2. The summed E-state index contributed by atoms with van der Waals surface area (Å²) in [6.45, 7) is 4.81. The summed E-state index contributed by atoms with van der Waals surface area (Å²) in [6, 6.07) is 11.7. The quantitative estimate of drug-likeness (QED) is 0.501. The monoisotopic (exact) mass is 379 g/mol. The van der Waals surface area contributed by atoms with E-state index in [2.05, 4.69) is 47.3 Å². The zero-order valence-corrected chi connectivity index (χ0v) is 16.7. The van der Waals surface area contributed by atoms with E-state index in [1.807, 2.05) is 12.1 Å². The van der Waals surface area contributed by atoms with Crippen molar-refractivity contribution in [2.45, 2.75) is 26.8 Å². The van der Waals surface area contributed by atoms with E-state index in [1.165, 1.54) is 16.5 Å². The van der Waals surface area contributed by atoms with Crippen molar-refractivity contribution in [2.75, 3.05) is 14.2 Å². The molecule has 0 aliphatic heterocycles. The maximum Gasteiger partial charge on any atom is 0.241 e. The Bertz CT molecular complexity index is 1020. The van der Waals surface area contributed by atoms with Crippen LogP contribution in [-0.2, 0) is 11.3 Å². The summed E-state index contributed by atoms with van der Waals surface area (Å²) in [5.41, 5.74) is 7.01. The van der Waals surface area contributed by atoms with Crippen molar-refractivity contribution in [3.05, 3.63) is 59.3 Å². The first-order valence-electron chi connectivity index (χ1n) is 9.12. The van der Waals surface area contributed by atoms with Crippen LogP contribution in [0, 0.1) is 13.8 Å². The number of carbonyl (C=O) groups excluding carboxylic acids is 1. The smallest absolute Gasteiger partial charge is 0.241 e. The third kappa shape index (κ3) is 4.17. The van der Waals surface area contributed by atoms with Crippen molar-refractivity contribution < 1.29 is 14.3 Å². The molecule has 6 nitrogen and oxygen atoms in total. The van der Waals surface area contributed by atoms with Crippen LogP contribution in [-0.4, -0.2) is 30.9 Å². The number of aryl methyl sites for hydroxylation is 3. The Balaban J connectivity index is 1.60. The van der Waals surface area contributed by atoms with Gasteiger partial charge in [-0.25, -0.2) is 5.43 Å². The number of hydrazone groups is 1. The third-order valence-corrected chi connectivity index (χ3v) is 4.69. The number of aromatic nitrogens is 1. The van der Waals surface area contributed by atoms with E-state index in [1.54, 1.807) is 32.6 Å². The number of ether oxygens (including phenoxy) is 2. The number of amides is 1. The molecule has 3 rings (SSSR count). The molecule has 2 aromatic carbocycles. The first kappa shape index (κ1) is 19.5. The molecule has 0 saturated carbocycles. The first-order chi connectivity index (χ1) is 13.5. The summed E-state index contributed by atoms with van der Waals surface area (Å²) in [7, 11) is 3.16. The van der Waals surface area contributed by atoms with Gasteiger partial charge in [-0.3, -0.25) is 4.79 Å². The molecule has 28 heavy (non-hydrogen) atoms. The standard InChI is InChI=1S/C22H25N3O3/c1-15-6-5-7-18-22(15)16(2)14-25(18)11-10-21(26)24-23-13-17-8-9-19(27-3)20(12-17)28-4/h5-9,12-14H,10-11H2,1-4H3,(H,24,26)/b23-13+. The van der Waals surface area contributed by atoms with E-state index in [0.29, 0.717) is 24.5 Å². The Hall–Kier alpha value is -3.28. The second-order valence-corrected chi connectivity index (χ2v) is 6.63. The molecule has 0 fully saturated rings. The molecule has 0 spiro atoms. The lowest BCUT2D eigenvalue weighted by Crippen LogP contribution is -2.19. The molecule has 1 N–H and O–H groups in total. The van der Waals surface area contributed by atoms with E-state index < -0.39 is 0 Å². The number of benzene rings is 2. The van der Waals surface area contributed by atoms with Crippen molar-refractivity contribution in [3.8, 4) is 11.5 Å². The van der Waals surface area contributed by atoms with Gasteiger partial charge < -0.3 is 14.0 Å². The van der Waals surface area contributed by atoms with Crippen molar-refractivity contribution in [3.63, 3.8) is 0 Å². The second-order valence-electron chi connectivity index (χ2n) is 6.63. The molecule has 0 atom stereocenters. The molecule has 1 aromatic heterocycles. The van der Waals surface area contributed by atoms with Crippen LogP contribution in [0.4, 0.5) is 0 Å². The third-order valence-electron chi connectivity index (χ3n) is 4.69. The fourth-order valence-electron chi connectivity index (χ4n) is 3.35. The van der Waals surface area contributed by atoms with Gasteiger partial charge in [0.1, 0.15) is 0 Å². The normalized spacial score (nSPS) is 11.1. The number of nitrogens with zero attached hydrogens (tertiary/aromatic N) is 2. The van der Waals surface area contributed by atoms with Crippen molar-refractivity contribution in [1.82, 2.24) is 9.99 Å². The Morgan fingerprint density at radius 3 is 2.64 bits per heavy atom. The number of fused-ring (bicyclic) bond motifs is 1. The Morgan fingerprint density at radius 2 is 1.89 bits per heavy atom. The number of rotatable bonds is 7. The molecule has 1 amide bonds. The van der Waals surface area contributed by atoms with E-state index in [0.717, 1.165) is 11.1 Å². The minimum Gasteiger partial charge on any atom is -0.493 e. The maximum atomic E-state index is 12.2. The maximum absolute atomic E-state index is 12.2. The van der Waals surface area contributed by atoms with Gasteiger partial charge >= 0.3 is 0 Å². The molecule has 6 heteroatoms. The summed E-state index contributed by atoms with van der Waals surface area (Å²) >= 11 is 0. The fourth-order valence-corrected chi connectivity index (χ4v) is 3.35. The first-order valence-corrected chi connectivity index (χ1v) is 9.12. The number of carbonyl (C=O) groups is 1. The molecule has 146 valence electrons. The van der Waals surface area contributed by atoms with E-state index in [-0.39, 0.29) is 5.91 Å². The zero-order chi connectivity index (χ0) is 20.1. The predicted octanol–water partition coefficient (Wildman–Crippen LogP) is 3.82. The Morgan fingerprint density at radius 1 is 1.11 bits per heavy atom. The molecule has 0 aliphatic carbocycles. The average molecular weight is 379 g/mol. The molecule has 0 bridgehead atoms. The van der Waals surface area contributed by atoms with Crippen molar-refractivity contribution >= 4 is 23.0 Å². The van der Waals surface area contributed by atoms with Crippen molar-refractivity contribution in [2.24, 2.45) is 5.10 Å². The van der Waals surface area contributed by atoms with E-state index in [4.69, 9.17) is 9.47 Å². The number of hydrogen-bond acceptors (Lipinski definition) is 4. The SMILES string of the molecule is COc1ccc(/C=N/NC(=O)CCn2cc(C)c3c(C)cccc32)cc1OC. The van der Waals surface area contributed by atoms with Gasteiger partial charge in [0.05, 0.1) is 20.4 Å². The molecular weight excluding hydrogens is 354 g/mol. The lowest BCUT2D eigenvalue weighted by Gasteiger charge is -2.07. The summed E-state index contributed by atoms with van der Waals surface area (Å²) < 4.78 is 12.6. The topological polar surface area (TPSA) is 64.8 Å². The molecule has 3 aromatic rings. The second kappa shape index (κ2) is 8.61. The van der Waals surface area contributed by atoms with Crippen LogP contribution in [0.15, 0.2) is 47.7 Å². The summed E-state index contributed by atoms with van der Waals surface area (Å²) in [5, 5.41) is 5.29. The van der Waals surface area contributed by atoms with E-state index in [9.17, 15) is 4.79 Å². The van der Waals surface area contributed by atoms with E-state index >= 15 is 0 Å². The number of hydrogen-bond donors (Lipinski definition) is 1. The Labute approximate surface area is 164 Å². The van der Waals surface area contributed by atoms with Crippen LogP contribution in [0.1, 0.15) is 23.1 Å². The van der Waals surface area contributed by atoms with Crippen LogP contribution >= 0.6 is 0 Å². The van der Waals surface area contributed by atoms with Gasteiger partial charge in [0.25, 0.3) is 0 Å². The predicted molar refractivity (Wildman–Crippen MR) is 111 cm³/mol. The largest absolute Gasteiger partial charge is 0.493 e. The minimum atomic E-state index is -0.135. The van der Waals surface area contributed by atoms with Gasteiger partial charge in [0.15, 0.2) is 11.5 Å².